The summed E-state index contributed by atoms with van der Waals surface area (Å²) < 4.78 is 64.7. The van der Waals surface area contributed by atoms with Gasteiger partial charge in [0.1, 0.15) is 11.8 Å². The van der Waals surface area contributed by atoms with E-state index in [2.05, 4.69) is 21.6 Å². The highest BCUT2D eigenvalue weighted by Gasteiger charge is 2.38. The normalized spacial score (nSPS) is 21.9. The molecule has 11 nitrogen and oxygen atoms in total. The van der Waals surface area contributed by atoms with E-state index >= 15 is 0 Å². The van der Waals surface area contributed by atoms with Gasteiger partial charge in [0.05, 0.1) is 30.5 Å². The number of rotatable bonds is 8. The summed E-state index contributed by atoms with van der Waals surface area (Å²) in [5, 5.41) is 16.2. The van der Waals surface area contributed by atoms with Crippen LogP contribution in [-0.2, 0) is 19.6 Å². The lowest BCUT2D eigenvalue weighted by Gasteiger charge is -2.30. The summed E-state index contributed by atoms with van der Waals surface area (Å²) in [6, 6.07) is 8.17. The Hall–Kier alpha value is -2.58. The number of methoxy groups -OCH3 is 1. The van der Waals surface area contributed by atoms with E-state index in [0.29, 0.717) is 30.2 Å². The fourth-order valence-corrected chi connectivity index (χ4v) is 5.97. The number of amides is 1. The van der Waals surface area contributed by atoms with Gasteiger partial charge in [0.25, 0.3) is 0 Å². The largest absolute Gasteiger partial charge is 0.497 e. The minimum Gasteiger partial charge on any atom is -0.497 e. The molecular formula is C21H28F3N5O6S2. The number of alkyl halides is 3. The molecule has 1 aliphatic heterocycles. The zero-order chi connectivity index (χ0) is 27.6. The number of aliphatic carboxylic acids is 1. The minimum absolute atomic E-state index is 0.0972. The molecule has 4 N–H and O–H groups in total. The first-order chi connectivity index (χ1) is 17.4. The Morgan fingerprint density at radius 2 is 1.76 bits per heavy atom. The molecule has 16 heteroatoms. The van der Waals surface area contributed by atoms with Crippen molar-refractivity contribution in [2.24, 2.45) is 0 Å². The van der Waals surface area contributed by atoms with Crippen LogP contribution in [0.25, 0.3) is 0 Å². The monoisotopic (exact) mass is 567 g/mol. The summed E-state index contributed by atoms with van der Waals surface area (Å²) in [6.07, 6.45) is -2.08. The minimum atomic E-state index is -5.08. The van der Waals surface area contributed by atoms with Crippen LogP contribution in [0.2, 0.25) is 0 Å². The maximum Gasteiger partial charge on any atom is 0.490 e. The van der Waals surface area contributed by atoms with Crippen LogP contribution in [0, 0.1) is 11.3 Å². The van der Waals surface area contributed by atoms with Gasteiger partial charge in [-0.2, -0.15) is 18.4 Å². The summed E-state index contributed by atoms with van der Waals surface area (Å²) in [4.78, 5) is 22.9. The molecule has 3 rings (SSSR count). The highest BCUT2D eigenvalue weighted by Crippen LogP contribution is 2.22. The smallest absolute Gasteiger partial charge is 0.490 e. The molecule has 1 saturated carbocycles. The number of ether oxygens (including phenoxy) is 1. The van der Waals surface area contributed by atoms with E-state index in [4.69, 9.17) is 19.9 Å². The predicted octanol–water partition coefficient (Wildman–Crippen LogP) is 1.44. The van der Waals surface area contributed by atoms with Crippen LogP contribution in [0.1, 0.15) is 25.7 Å². The van der Waals surface area contributed by atoms with Crippen LogP contribution in [0.5, 0.6) is 5.75 Å². The SMILES string of the molecule is COc1ccc(S(=O)(=O)NC2CCC(NNCC(=O)N3CSCC3C#N)CC2)cc1.O=C(O)C(F)(F)F. The summed E-state index contributed by atoms with van der Waals surface area (Å²) in [7, 11) is -2.03. The molecule has 0 radical (unpaired) electrons. The van der Waals surface area contributed by atoms with Gasteiger partial charge in [0, 0.05) is 17.8 Å². The van der Waals surface area contributed by atoms with Crippen molar-refractivity contribution in [2.75, 3.05) is 25.3 Å². The van der Waals surface area contributed by atoms with Crippen molar-refractivity contribution in [1.82, 2.24) is 20.5 Å². The van der Waals surface area contributed by atoms with Crippen LogP contribution < -0.4 is 20.3 Å². The topological polar surface area (TPSA) is 161 Å². The van der Waals surface area contributed by atoms with Crippen molar-refractivity contribution in [1.29, 1.82) is 5.26 Å². The average molecular weight is 568 g/mol. The first kappa shape index (κ1) is 30.6. The Morgan fingerprint density at radius 1 is 1.19 bits per heavy atom. The van der Waals surface area contributed by atoms with Crippen LogP contribution in [0.4, 0.5) is 13.2 Å². The zero-order valence-corrected chi connectivity index (χ0v) is 21.5. The van der Waals surface area contributed by atoms with E-state index in [1.54, 1.807) is 28.8 Å². The van der Waals surface area contributed by atoms with E-state index in [0.717, 1.165) is 12.8 Å². The predicted molar refractivity (Wildman–Crippen MR) is 128 cm³/mol. The van der Waals surface area contributed by atoms with E-state index in [1.165, 1.54) is 19.2 Å². The summed E-state index contributed by atoms with van der Waals surface area (Å²) >= 11 is 1.58. The van der Waals surface area contributed by atoms with Crippen molar-refractivity contribution in [2.45, 2.75) is 54.9 Å². The molecule has 1 heterocycles. The first-order valence-corrected chi connectivity index (χ1v) is 13.7. The number of carbonyl (C=O) groups is 2. The number of carboxylic acids is 1. The van der Waals surface area contributed by atoms with Crippen molar-refractivity contribution < 1.29 is 41.0 Å². The number of halogens is 3. The van der Waals surface area contributed by atoms with Gasteiger partial charge in [-0.25, -0.2) is 23.4 Å². The zero-order valence-electron chi connectivity index (χ0n) is 19.8. The van der Waals surface area contributed by atoms with Crippen LogP contribution in [-0.4, -0.2) is 79.9 Å². The Morgan fingerprint density at radius 3 is 2.27 bits per heavy atom. The number of hydrazine groups is 1. The number of thioether (sulfide) groups is 1. The molecule has 2 fully saturated rings. The lowest BCUT2D eigenvalue weighted by atomic mass is 9.92. The van der Waals surface area contributed by atoms with Crippen LogP contribution in [0.15, 0.2) is 29.2 Å². The standard InChI is InChI=1S/C19H27N5O4S2.C2HF3O2/c1-28-17-6-8-18(9-7-17)30(26,27)23-15-4-2-14(3-5-15)22-21-11-19(25)24-13-29-12-16(24)10-20;3-2(4,5)1(6)7/h6-9,14-16,21-23H,2-5,11-13H2,1H3;(H,6,7). The van der Waals surface area contributed by atoms with E-state index in [9.17, 15) is 26.4 Å². The summed E-state index contributed by atoms with van der Waals surface area (Å²) in [5.41, 5.74) is 6.12. The highest BCUT2D eigenvalue weighted by molar-refractivity contribution is 7.99. The molecule has 1 unspecified atom stereocenters. The Labute approximate surface area is 216 Å². The van der Waals surface area contributed by atoms with Crippen molar-refractivity contribution in [3.63, 3.8) is 0 Å². The molecule has 206 valence electrons. The first-order valence-electron chi connectivity index (χ1n) is 11.1. The van der Waals surface area contributed by atoms with Crippen LogP contribution in [0.3, 0.4) is 0 Å². The molecule has 1 aromatic carbocycles. The molecule has 2 aliphatic rings. The molecule has 0 aromatic heterocycles. The Kier molecular flexibility index (Phi) is 11.4. The number of hydrogen-bond donors (Lipinski definition) is 4. The third-order valence-corrected chi connectivity index (χ3v) is 8.11. The van der Waals surface area contributed by atoms with Gasteiger partial charge in [-0.1, -0.05) is 0 Å². The number of carboxylic acid groups (broad SMARTS) is 1. The lowest BCUT2D eigenvalue weighted by Crippen LogP contribution is -2.50. The maximum absolute atomic E-state index is 12.6. The number of nitrogens with zero attached hydrogens (tertiary/aromatic N) is 2. The summed E-state index contributed by atoms with van der Waals surface area (Å²) in [5.74, 6) is -1.03. The maximum atomic E-state index is 12.6. The number of hydrogen-bond acceptors (Lipinski definition) is 9. The molecule has 0 bridgehead atoms. The number of benzene rings is 1. The molecule has 1 atom stereocenters. The van der Waals surface area contributed by atoms with Crippen molar-refractivity contribution >= 4 is 33.7 Å². The molecule has 1 aromatic rings. The average Bonchev–Trinajstić information content (AvgIpc) is 3.34. The van der Waals surface area contributed by atoms with Gasteiger partial charge in [-0.3, -0.25) is 10.2 Å². The second-order valence-corrected chi connectivity index (χ2v) is 10.9. The van der Waals surface area contributed by atoms with Gasteiger partial charge >= 0.3 is 12.1 Å². The molecular weight excluding hydrogens is 539 g/mol. The fourth-order valence-electron chi connectivity index (χ4n) is 3.57. The third kappa shape index (κ3) is 9.67. The molecule has 1 amide bonds. The number of sulfonamides is 1. The Bertz CT molecular complexity index is 1060. The van der Waals surface area contributed by atoms with Crippen molar-refractivity contribution in [3.05, 3.63) is 24.3 Å². The molecule has 0 spiro atoms. The van der Waals surface area contributed by atoms with Gasteiger partial charge in [-0.05, 0) is 49.9 Å². The quantitative estimate of drug-likeness (QED) is 0.338. The highest BCUT2D eigenvalue weighted by atomic mass is 32.2. The van der Waals surface area contributed by atoms with E-state index in [1.807, 2.05) is 0 Å². The van der Waals surface area contributed by atoms with Gasteiger partial charge in [0.2, 0.25) is 15.9 Å². The lowest BCUT2D eigenvalue weighted by molar-refractivity contribution is -0.192. The van der Waals surface area contributed by atoms with E-state index < -0.39 is 22.2 Å². The Balaban J connectivity index is 0.000000604. The van der Waals surface area contributed by atoms with Crippen LogP contribution >= 0.6 is 11.8 Å². The van der Waals surface area contributed by atoms with E-state index in [-0.39, 0.29) is 35.5 Å². The second kappa shape index (κ2) is 13.8. The third-order valence-electron chi connectivity index (χ3n) is 5.56. The number of nitriles is 1. The van der Waals surface area contributed by atoms with Gasteiger partial charge < -0.3 is 14.7 Å². The number of carbonyl (C=O) groups excluding carboxylic acids is 1. The molecule has 1 aliphatic carbocycles. The summed E-state index contributed by atoms with van der Waals surface area (Å²) in [6.45, 7) is 0.128. The second-order valence-electron chi connectivity index (χ2n) is 8.15. The molecule has 37 heavy (non-hydrogen) atoms. The fraction of sp³-hybridized carbons (Fsp3) is 0.571. The molecule has 1 saturated heterocycles. The van der Waals surface area contributed by atoms with Gasteiger partial charge in [0.15, 0.2) is 0 Å². The number of nitrogens with one attached hydrogen (secondary N) is 3. The van der Waals surface area contributed by atoms with Crippen molar-refractivity contribution in [3.8, 4) is 11.8 Å². The van der Waals surface area contributed by atoms with Gasteiger partial charge in [-0.15, -0.1) is 11.8 Å².